The maximum atomic E-state index is 13.1. The molecule has 43 heavy (non-hydrogen) atoms. The fraction of sp³-hybridized carbons (Fsp3) is 0.500. The molecule has 4 unspecified atom stereocenters. The molecule has 2 amide bonds. The molecule has 4 atom stereocenters. The molecule has 1 fully saturated rings. The van der Waals surface area contributed by atoms with Crippen LogP contribution in [0.5, 0.6) is 0 Å². The van der Waals surface area contributed by atoms with E-state index >= 15 is 0 Å². The maximum absolute atomic E-state index is 13.1. The van der Waals surface area contributed by atoms with Gasteiger partial charge in [0.15, 0.2) is 0 Å². The number of likely N-dealkylation sites (tertiary alicyclic amines) is 1. The number of aromatic nitrogens is 1. The lowest BCUT2D eigenvalue weighted by Gasteiger charge is -2.43. The number of amides is 2. The van der Waals surface area contributed by atoms with Gasteiger partial charge in [0.25, 0.3) is 5.91 Å². The van der Waals surface area contributed by atoms with Crippen LogP contribution in [0, 0.1) is 6.92 Å². The van der Waals surface area contributed by atoms with Crippen LogP contribution >= 0.6 is 11.3 Å². The Morgan fingerprint density at radius 3 is 2.72 bits per heavy atom. The molecular weight excluding hydrogens is 558 g/mol. The van der Waals surface area contributed by atoms with Crippen LogP contribution < -0.4 is 10.6 Å². The number of aliphatic hydroxyl groups is 1. The summed E-state index contributed by atoms with van der Waals surface area (Å²) in [5.74, 6) is -0.239. The van der Waals surface area contributed by atoms with Crippen molar-refractivity contribution >= 4 is 40.1 Å². The van der Waals surface area contributed by atoms with Gasteiger partial charge in [-0.25, -0.2) is 0 Å². The van der Waals surface area contributed by atoms with Crippen molar-refractivity contribution in [1.82, 2.24) is 9.88 Å². The third kappa shape index (κ3) is 8.09. The first-order valence-corrected chi connectivity index (χ1v) is 16.3. The highest BCUT2D eigenvalue weighted by Crippen LogP contribution is 2.32. The molecule has 0 aromatic carbocycles. The Labute approximate surface area is 260 Å². The number of carbonyl (C=O) groups is 2. The molecule has 4 heterocycles. The normalized spacial score (nSPS) is 24.5. The predicted octanol–water partition coefficient (Wildman–Crippen LogP) is 5.91. The van der Waals surface area contributed by atoms with E-state index in [4.69, 9.17) is 0 Å². The van der Waals surface area contributed by atoms with E-state index in [0.29, 0.717) is 41.3 Å². The van der Waals surface area contributed by atoms with Crippen LogP contribution in [-0.4, -0.2) is 76.1 Å². The minimum Gasteiger partial charge on any atom is -0.391 e. The summed E-state index contributed by atoms with van der Waals surface area (Å²) in [4.78, 5) is 34.5. The number of hydrogen-bond donors (Lipinski definition) is 3. The van der Waals surface area contributed by atoms with Gasteiger partial charge in [0.2, 0.25) is 5.91 Å². The van der Waals surface area contributed by atoms with E-state index in [0.717, 1.165) is 48.1 Å². The van der Waals surface area contributed by atoms with Crippen LogP contribution in [0.4, 0.5) is 11.4 Å². The molecule has 3 N–H and O–H groups in total. The summed E-state index contributed by atoms with van der Waals surface area (Å²) in [6, 6.07) is 6.92. The number of nitrogens with zero attached hydrogens (tertiary/aromatic N) is 3. The van der Waals surface area contributed by atoms with Crippen LogP contribution in [0.15, 0.2) is 54.3 Å². The molecule has 0 saturated carbocycles. The van der Waals surface area contributed by atoms with E-state index in [1.54, 1.807) is 23.6 Å². The van der Waals surface area contributed by atoms with Crippen LogP contribution in [-0.2, 0) is 16.2 Å². The second-order valence-electron chi connectivity index (χ2n) is 12.2. The van der Waals surface area contributed by atoms with Crippen LogP contribution in [0.1, 0.15) is 68.8 Å². The first-order valence-electron chi connectivity index (χ1n) is 15.5. The third-order valence-electron chi connectivity index (χ3n) is 9.20. The number of quaternary nitrogens is 1. The number of thiophene rings is 1. The van der Waals surface area contributed by atoms with E-state index in [1.807, 2.05) is 26.0 Å². The molecule has 2 aliphatic heterocycles. The van der Waals surface area contributed by atoms with Gasteiger partial charge in [-0.3, -0.25) is 19.5 Å². The van der Waals surface area contributed by atoms with Crippen molar-refractivity contribution in [3.05, 3.63) is 69.7 Å². The van der Waals surface area contributed by atoms with Crippen LogP contribution in [0.2, 0.25) is 0 Å². The van der Waals surface area contributed by atoms with E-state index in [2.05, 4.69) is 72.6 Å². The smallest absolute Gasteiger partial charge is 0.251 e. The average molecular weight is 607 g/mol. The Balaban J connectivity index is 1.38. The first kappa shape index (κ1) is 32.8. The average Bonchev–Trinajstić information content (AvgIpc) is 3.60. The number of pyridine rings is 1. The lowest BCUT2D eigenvalue weighted by molar-refractivity contribution is -0.942. The maximum Gasteiger partial charge on any atom is 0.251 e. The van der Waals surface area contributed by atoms with Crippen molar-refractivity contribution in [2.24, 2.45) is 0 Å². The largest absolute Gasteiger partial charge is 0.391 e. The molecule has 2 aromatic heterocycles. The van der Waals surface area contributed by atoms with Crippen molar-refractivity contribution in [1.29, 1.82) is 0 Å². The number of rotatable bonds is 11. The lowest BCUT2D eigenvalue weighted by atomic mass is 10.1. The highest BCUT2D eigenvalue weighted by Gasteiger charge is 2.35. The minimum atomic E-state index is -0.169. The van der Waals surface area contributed by atoms with E-state index in [1.165, 1.54) is 10.5 Å². The molecule has 2 aliphatic rings. The van der Waals surface area contributed by atoms with Gasteiger partial charge < -0.3 is 20.2 Å². The number of aryl methyl sites for hydroxylation is 1. The Kier molecular flexibility index (Phi) is 11.1. The number of likely N-dealkylation sites (N-methyl/N-ethyl adjacent to an activating group) is 1. The van der Waals surface area contributed by atoms with Crippen molar-refractivity contribution in [3.8, 4) is 0 Å². The summed E-state index contributed by atoms with van der Waals surface area (Å²) in [6.45, 7) is 12.6. The van der Waals surface area contributed by atoms with Gasteiger partial charge in [-0.1, -0.05) is 19.1 Å². The van der Waals surface area contributed by atoms with Gasteiger partial charge >= 0.3 is 0 Å². The molecule has 4 rings (SSSR count). The van der Waals surface area contributed by atoms with Gasteiger partial charge in [-0.2, -0.15) is 0 Å². The van der Waals surface area contributed by atoms with Crippen molar-refractivity contribution in [3.63, 3.8) is 0 Å². The Hall–Kier alpha value is -3.11. The molecule has 0 bridgehead atoms. The number of nitrogens with one attached hydrogen (secondary N) is 2. The molecule has 1 saturated heterocycles. The highest BCUT2D eigenvalue weighted by molar-refractivity contribution is 7.13. The molecule has 0 aliphatic carbocycles. The topological polar surface area (TPSA) is 94.6 Å². The van der Waals surface area contributed by atoms with Gasteiger partial charge in [0.05, 0.1) is 50.0 Å². The standard InChI is InChI=1S/C34H47N5O3S/c1-7-29-13-12-27(32-15-14-30(22-40)43-32)18-25(4)39(29,6)17-9-10-23(2)34(42)37-31-19-28(20-35-26(31)5)36-33(41)21-38-16-8-11-24(38)3/h10,12-15,18-20,24-25,29,40H,7-9,11,16-17,21-22H2,1-6H3,(H-,36,37,41,42)/p+1. The Bertz CT molecular complexity index is 1400. The van der Waals surface area contributed by atoms with Gasteiger partial charge in [-0.15, -0.1) is 11.3 Å². The van der Waals surface area contributed by atoms with E-state index in [-0.39, 0.29) is 24.5 Å². The first-order chi connectivity index (χ1) is 20.5. The van der Waals surface area contributed by atoms with Crippen LogP contribution in [0.25, 0.3) is 5.57 Å². The fourth-order valence-electron chi connectivity index (χ4n) is 6.12. The van der Waals surface area contributed by atoms with E-state index < -0.39 is 0 Å². The minimum absolute atomic E-state index is 0.0676. The second kappa shape index (κ2) is 14.6. The number of aliphatic hydroxyl groups excluding tert-OH is 1. The SMILES string of the molecule is CCC1C=CC(c2ccc(CO)s2)=CC(C)[N+]1(C)CCC=C(C)C(=O)Nc1cc(NC(=O)CN2CCCC2C)cnc1C. The Morgan fingerprint density at radius 2 is 2.05 bits per heavy atom. The summed E-state index contributed by atoms with van der Waals surface area (Å²) >= 11 is 1.64. The molecule has 2 aromatic rings. The zero-order valence-corrected chi connectivity index (χ0v) is 27.3. The summed E-state index contributed by atoms with van der Waals surface area (Å²) < 4.78 is 0.848. The second-order valence-corrected chi connectivity index (χ2v) is 13.4. The summed E-state index contributed by atoms with van der Waals surface area (Å²) in [7, 11) is 2.30. The van der Waals surface area contributed by atoms with Gasteiger partial charge in [-0.05, 0) is 83.0 Å². The van der Waals surface area contributed by atoms with E-state index in [9.17, 15) is 14.7 Å². The number of allylic oxidation sites excluding steroid dienone is 2. The monoisotopic (exact) mass is 606 g/mol. The van der Waals surface area contributed by atoms with Gasteiger partial charge in [0.1, 0.15) is 12.1 Å². The molecule has 0 spiro atoms. The summed E-state index contributed by atoms with van der Waals surface area (Å²) in [5.41, 5.74) is 3.73. The zero-order valence-electron chi connectivity index (χ0n) is 26.5. The van der Waals surface area contributed by atoms with Crippen LogP contribution in [0.3, 0.4) is 0 Å². The molecule has 232 valence electrons. The summed E-state index contributed by atoms with van der Waals surface area (Å²) in [5, 5.41) is 15.4. The molecule has 0 radical (unpaired) electrons. The molecular formula is C34H48N5O3S+. The van der Waals surface area contributed by atoms with Crippen molar-refractivity contribution < 1.29 is 19.2 Å². The van der Waals surface area contributed by atoms with Gasteiger partial charge in [0, 0.05) is 34.2 Å². The number of anilines is 2. The quantitative estimate of drug-likeness (QED) is 0.219. The molecule has 8 nitrogen and oxygen atoms in total. The highest BCUT2D eigenvalue weighted by atomic mass is 32.1. The number of carbonyl (C=O) groups excluding carboxylic acids is 2. The predicted molar refractivity (Wildman–Crippen MR) is 177 cm³/mol. The fourth-order valence-corrected chi connectivity index (χ4v) is 6.99. The summed E-state index contributed by atoms with van der Waals surface area (Å²) in [6.07, 6.45) is 14.6. The third-order valence-corrected chi connectivity index (χ3v) is 10.3. The molecule has 9 heteroatoms. The zero-order chi connectivity index (χ0) is 31.1. The lowest BCUT2D eigenvalue weighted by Crippen LogP contribution is -2.56. The number of hydrogen-bond acceptors (Lipinski definition) is 6. The van der Waals surface area contributed by atoms with Crippen molar-refractivity contribution in [2.75, 3.05) is 37.3 Å². The Morgan fingerprint density at radius 1 is 1.26 bits per heavy atom. The van der Waals surface area contributed by atoms with Crippen molar-refractivity contribution in [2.45, 2.75) is 85.0 Å².